The molecule has 5 heteroatoms. The molecular weight excluding hydrogens is 343 g/mol. The molecule has 1 heterocycles. The fraction of sp³-hybridized carbons (Fsp3) is 0.500. The third-order valence-corrected chi connectivity index (χ3v) is 6.06. The molecule has 1 aromatic heterocycles. The molecule has 2 unspecified atom stereocenters. The van der Waals surface area contributed by atoms with E-state index >= 15 is 0 Å². The van der Waals surface area contributed by atoms with Crippen molar-refractivity contribution in [3.05, 3.63) is 58.2 Å². The summed E-state index contributed by atoms with van der Waals surface area (Å²) < 4.78 is 16.0. The van der Waals surface area contributed by atoms with Crippen LogP contribution in [0.1, 0.15) is 65.5 Å². The molecule has 0 bridgehead atoms. The Morgan fingerprint density at radius 3 is 2.59 bits per heavy atom. The van der Waals surface area contributed by atoms with Crippen LogP contribution >= 0.6 is 0 Å². The minimum absolute atomic E-state index is 0.266. The Balaban J connectivity index is 1.89. The smallest absolute Gasteiger partial charge is 0.337 e. The van der Waals surface area contributed by atoms with Crippen LogP contribution in [0, 0.1) is 25.6 Å². The lowest BCUT2D eigenvalue weighted by Crippen LogP contribution is -2.37. The maximum Gasteiger partial charge on any atom is 0.337 e. The lowest BCUT2D eigenvalue weighted by atomic mass is 9.86. The van der Waals surface area contributed by atoms with E-state index in [0.29, 0.717) is 41.9 Å². The van der Waals surface area contributed by atoms with Gasteiger partial charge in [0.15, 0.2) is 0 Å². The summed E-state index contributed by atoms with van der Waals surface area (Å²) in [5.41, 5.74) is 3.30. The number of benzene rings is 1. The largest absolute Gasteiger partial charge is 0.478 e. The second kappa shape index (κ2) is 8.26. The van der Waals surface area contributed by atoms with Crippen molar-refractivity contribution in [2.24, 2.45) is 5.92 Å². The molecule has 0 saturated heterocycles. The maximum atomic E-state index is 14.1. The Morgan fingerprint density at radius 2 is 1.93 bits per heavy atom. The summed E-state index contributed by atoms with van der Waals surface area (Å²) in [5.74, 6) is -0.581. The predicted molar refractivity (Wildman–Crippen MR) is 105 cm³/mol. The molecule has 0 radical (unpaired) electrons. The number of halogens is 1. The van der Waals surface area contributed by atoms with Gasteiger partial charge < -0.3 is 15.0 Å². The highest BCUT2D eigenvalue weighted by atomic mass is 19.1. The first-order chi connectivity index (χ1) is 12.9. The van der Waals surface area contributed by atoms with Crippen LogP contribution in [0.15, 0.2) is 24.3 Å². The highest BCUT2D eigenvalue weighted by Gasteiger charge is 2.25. The van der Waals surface area contributed by atoms with Crippen LogP contribution in [0.25, 0.3) is 0 Å². The van der Waals surface area contributed by atoms with E-state index in [-0.39, 0.29) is 5.82 Å². The zero-order valence-electron chi connectivity index (χ0n) is 16.4. The van der Waals surface area contributed by atoms with E-state index < -0.39 is 5.97 Å². The normalized spacial score (nSPS) is 20.0. The van der Waals surface area contributed by atoms with Gasteiger partial charge in [-0.05, 0) is 38.7 Å². The summed E-state index contributed by atoms with van der Waals surface area (Å²) in [4.78, 5) is 11.9. The summed E-state index contributed by atoms with van der Waals surface area (Å²) in [6, 6.07) is 7.08. The molecule has 1 aliphatic rings. The average molecular weight is 372 g/mol. The summed E-state index contributed by atoms with van der Waals surface area (Å²) in [6.45, 7) is 6.88. The van der Waals surface area contributed by atoms with Crippen LogP contribution in [0.5, 0.6) is 0 Å². The second-order valence-electron chi connectivity index (χ2n) is 7.76. The monoisotopic (exact) mass is 372 g/mol. The van der Waals surface area contributed by atoms with E-state index in [0.717, 1.165) is 17.7 Å². The molecule has 1 aliphatic carbocycles. The van der Waals surface area contributed by atoms with Gasteiger partial charge in [0.25, 0.3) is 0 Å². The van der Waals surface area contributed by atoms with Gasteiger partial charge in [-0.3, -0.25) is 0 Å². The molecule has 2 atom stereocenters. The number of carboxylic acids is 1. The average Bonchev–Trinajstić information content (AvgIpc) is 2.87. The summed E-state index contributed by atoms with van der Waals surface area (Å²) >= 11 is 0. The Labute approximate surface area is 160 Å². The second-order valence-corrected chi connectivity index (χ2v) is 7.76. The number of nitrogens with one attached hydrogen (secondary N) is 1. The third kappa shape index (κ3) is 4.08. The molecule has 146 valence electrons. The number of rotatable bonds is 6. The maximum absolute atomic E-state index is 14.1. The van der Waals surface area contributed by atoms with E-state index in [2.05, 4.69) is 12.2 Å². The van der Waals surface area contributed by atoms with E-state index in [1.807, 2.05) is 18.4 Å². The van der Waals surface area contributed by atoms with Crippen LogP contribution < -0.4 is 5.32 Å². The van der Waals surface area contributed by atoms with Gasteiger partial charge in [-0.2, -0.15) is 0 Å². The number of nitrogens with zero attached hydrogens (tertiary/aromatic N) is 1. The molecule has 2 aromatic rings. The van der Waals surface area contributed by atoms with Gasteiger partial charge in [-0.15, -0.1) is 0 Å². The standard InChI is InChI=1S/C22H29FN2O2/c1-14-8-4-7-11-20(14)24-12-18-15(2)25(16(3)21(18)22(26)27)13-17-9-5-6-10-19(17)23/h5-6,9-10,14,20,24H,4,7-8,11-13H2,1-3H3,(H,26,27). The molecule has 4 nitrogen and oxygen atoms in total. The third-order valence-electron chi connectivity index (χ3n) is 6.06. The fourth-order valence-electron chi connectivity index (χ4n) is 4.34. The van der Waals surface area contributed by atoms with E-state index in [1.54, 1.807) is 18.2 Å². The van der Waals surface area contributed by atoms with Crippen molar-refractivity contribution < 1.29 is 14.3 Å². The van der Waals surface area contributed by atoms with E-state index in [1.165, 1.54) is 25.3 Å². The topological polar surface area (TPSA) is 54.3 Å². The van der Waals surface area contributed by atoms with Crippen LogP contribution in [0.4, 0.5) is 4.39 Å². The number of hydrogen-bond acceptors (Lipinski definition) is 2. The molecule has 27 heavy (non-hydrogen) atoms. The number of aromatic nitrogens is 1. The highest BCUT2D eigenvalue weighted by Crippen LogP contribution is 2.27. The van der Waals surface area contributed by atoms with Crippen LogP contribution in [-0.4, -0.2) is 21.7 Å². The Kier molecular flexibility index (Phi) is 6.00. The number of hydrogen-bond donors (Lipinski definition) is 2. The first-order valence-electron chi connectivity index (χ1n) is 9.78. The van der Waals surface area contributed by atoms with Gasteiger partial charge in [0.2, 0.25) is 0 Å². The first-order valence-corrected chi connectivity index (χ1v) is 9.78. The molecule has 0 spiro atoms. The van der Waals surface area contributed by atoms with Gasteiger partial charge in [-0.25, -0.2) is 9.18 Å². The van der Waals surface area contributed by atoms with Gasteiger partial charge in [0.1, 0.15) is 5.82 Å². The minimum Gasteiger partial charge on any atom is -0.478 e. The summed E-state index contributed by atoms with van der Waals surface area (Å²) in [5, 5.41) is 13.4. The molecule has 1 aromatic carbocycles. The van der Waals surface area contributed by atoms with Gasteiger partial charge >= 0.3 is 5.97 Å². The first kappa shape index (κ1) is 19.6. The van der Waals surface area contributed by atoms with Gasteiger partial charge in [0, 0.05) is 35.1 Å². The Bertz CT molecular complexity index is 828. The lowest BCUT2D eigenvalue weighted by molar-refractivity contribution is 0.0694. The summed E-state index contributed by atoms with van der Waals surface area (Å²) in [6.07, 6.45) is 4.85. The van der Waals surface area contributed by atoms with Crippen molar-refractivity contribution in [2.75, 3.05) is 0 Å². The number of aromatic carboxylic acids is 1. The van der Waals surface area contributed by atoms with Crippen LogP contribution in [0.3, 0.4) is 0 Å². The van der Waals surface area contributed by atoms with Gasteiger partial charge in [0.05, 0.1) is 12.1 Å². The van der Waals surface area contributed by atoms with Crippen molar-refractivity contribution in [3.63, 3.8) is 0 Å². The lowest BCUT2D eigenvalue weighted by Gasteiger charge is -2.29. The van der Waals surface area contributed by atoms with Crippen LogP contribution in [0.2, 0.25) is 0 Å². The van der Waals surface area contributed by atoms with Crippen molar-refractivity contribution >= 4 is 5.97 Å². The van der Waals surface area contributed by atoms with Crippen molar-refractivity contribution in [1.82, 2.24) is 9.88 Å². The molecule has 1 saturated carbocycles. The quantitative estimate of drug-likeness (QED) is 0.775. The molecule has 2 N–H and O–H groups in total. The highest BCUT2D eigenvalue weighted by molar-refractivity contribution is 5.91. The molecule has 0 aliphatic heterocycles. The predicted octanol–water partition coefficient (Wildman–Crippen LogP) is 4.66. The van der Waals surface area contributed by atoms with Gasteiger partial charge in [-0.1, -0.05) is 38.0 Å². The SMILES string of the molecule is Cc1c(CNC2CCCCC2C)c(C(=O)O)c(C)n1Cc1ccccc1F. The fourth-order valence-corrected chi connectivity index (χ4v) is 4.34. The number of carboxylic acid groups (broad SMARTS) is 1. The Hall–Kier alpha value is -2.14. The van der Waals surface area contributed by atoms with E-state index in [4.69, 9.17) is 0 Å². The molecule has 0 amide bonds. The van der Waals surface area contributed by atoms with Crippen molar-refractivity contribution in [2.45, 2.75) is 65.6 Å². The van der Waals surface area contributed by atoms with Crippen molar-refractivity contribution in [1.29, 1.82) is 0 Å². The van der Waals surface area contributed by atoms with Crippen LogP contribution in [-0.2, 0) is 13.1 Å². The molecule has 1 fully saturated rings. The number of carbonyl (C=O) groups is 1. The zero-order chi connectivity index (χ0) is 19.6. The Morgan fingerprint density at radius 1 is 1.22 bits per heavy atom. The molecular formula is C22H29FN2O2. The zero-order valence-corrected chi connectivity index (χ0v) is 16.4. The minimum atomic E-state index is -0.920. The summed E-state index contributed by atoms with van der Waals surface area (Å²) in [7, 11) is 0. The van der Waals surface area contributed by atoms with Crippen molar-refractivity contribution in [3.8, 4) is 0 Å². The van der Waals surface area contributed by atoms with E-state index in [9.17, 15) is 14.3 Å². The molecule has 3 rings (SSSR count).